The molecule has 1 atom stereocenters. The van der Waals surface area contributed by atoms with E-state index in [9.17, 15) is 0 Å². The largest absolute Gasteiger partial charge is 0.468 e. The summed E-state index contributed by atoms with van der Waals surface area (Å²) in [5.41, 5.74) is 1.20. The van der Waals surface area contributed by atoms with E-state index in [-0.39, 0.29) is 0 Å². The number of nitrogens with one attached hydrogen (secondary N) is 1. The van der Waals surface area contributed by atoms with E-state index in [1.165, 1.54) is 5.56 Å². The topological polar surface area (TPSA) is 34.4 Å². The van der Waals surface area contributed by atoms with Crippen LogP contribution in [0.5, 0.6) is 0 Å². The van der Waals surface area contributed by atoms with E-state index in [0.717, 1.165) is 25.3 Å². The lowest BCUT2D eigenvalue weighted by atomic mass is 10.2. The molecule has 0 radical (unpaired) electrons. The Morgan fingerprint density at radius 2 is 2.36 bits per heavy atom. The average Bonchev–Trinajstić information content (AvgIpc) is 2.59. The lowest BCUT2D eigenvalue weighted by Gasteiger charge is -2.14. The molecule has 1 aromatic rings. The van der Waals surface area contributed by atoms with Gasteiger partial charge in [-0.2, -0.15) is 0 Å². The first-order valence-corrected chi connectivity index (χ1v) is 5.03. The minimum atomic E-state index is 0.407. The second kappa shape index (κ2) is 5.83. The van der Waals surface area contributed by atoms with Gasteiger partial charge in [-0.25, -0.2) is 0 Å². The van der Waals surface area contributed by atoms with Crippen molar-refractivity contribution in [1.29, 1.82) is 0 Å². The van der Waals surface area contributed by atoms with Crippen molar-refractivity contribution in [3.63, 3.8) is 0 Å². The van der Waals surface area contributed by atoms with Crippen LogP contribution >= 0.6 is 0 Å². The van der Waals surface area contributed by atoms with Crippen molar-refractivity contribution < 1.29 is 9.15 Å². The molecule has 80 valence electrons. The Morgan fingerprint density at radius 3 is 2.86 bits per heavy atom. The molecule has 1 unspecified atom stereocenters. The van der Waals surface area contributed by atoms with Gasteiger partial charge in [0.1, 0.15) is 5.76 Å². The highest BCUT2D eigenvalue weighted by Crippen LogP contribution is 2.08. The minimum absolute atomic E-state index is 0.407. The zero-order valence-corrected chi connectivity index (χ0v) is 9.17. The molecule has 0 spiro atoms. The molecule has 3 nitrogen and oxygen atoms in total. The molecule has 0 amide bonds. The molecule has 0 bridgehead atoms. The zero-order chi connectivity index (χ0) is 10.4. The number of hydrogen-bond acceptors (Lipinski definition) is 3. The fraction of sp³-hybridized carbons (Fsp3) is 0.636. The molecule has 0 saturated carbocycles. The van der Waals surface area contributed by atoms with E-state index in [0.29, 0.717) is 6.04 Å². The van der Waals surface area contributed by atoms with Gasteiger partial charge in [0.05, 0.1) is 19.4 Å². The molecule has 1 rings (SSSR count). The molecule has 1 N–H and O–H groups in total. The second-order valence-electron chi connectivity index (χ2n) is 3.47. The standard InChI is InChI=1S/C11H19NO2/c1-4-10(8-13-3)12-7-11-9(2)5-6-14-11/h5-6,10,12H,4,7-8H2,1-3H3. The van der Waals surface area contributed by atoms with Crippen molar-refractivity contribution in [2.45, 2.75) is 32.9 Å². The van der Waals surface area contributed by atoms with Crippen molar-refractivity contribution in [2.24, 2.45) is 0 Å². The maximum atomic E-state index is 5.33. The number of methoxy groups -OCH3 is 1. The summed E-state index contributed by atoms with van der Waals surface area (Å²) in [6.07, 6.45) is 2.79. The van der Waals surface area contributed by atoms with Crippen molar-refractivity contribution in [1.82, 2.24) is 5.32 Å². The number of aryl methyl sites for hydroxylation is 1. The Morgan fingerprint density at radius 1 is 1.57 bits per heavy atom. The highest BCUT2D eigenvalue weighted by Gasteiger charge is 2.07. The van der Waals surface area contributed by atoms with Gasteiger partial charge in [-0.3, -0.25) is 0 Å². The van der Waals surface area contributed by atoms with Crippen LogP contribution in [0, 0.1) is 6.92 Å². The van der Waals surface area contributed by atoms with E-state index in [1.807, 2.05) is 6.07 Å². The molecule has 0 fully saturated rings. The molecular formula is C11H19NO2. The molecule has 0 saturated heterocycles. The first-order valence-electron chi connectivity index (χ1n) is 5.03. The van der Waals surface area contributed by atoms with Crippen LogP contribution in [-0.4, -0.2) is 19.8 Å². The quantitative estimate of drug-likeness (QED) is 0.758. The van der Waals surface area contributed by atoms with E-state index >= 15 is 0 Å². The third-order valence-electron chi connectivity index (χ3n) is 2.38. The van der Waals surface area contributed by atoms with Crippen molar-refractivity contribution in [3.05, 3.63) is 23.7 Å². The van der Waals surface area contributed by atoms with Crippen LogP contribution in [0.15, 0.2) is 16.7 Å². The highest BCUT2D eigenvalue weighted by molar-refractivity contribution is 5.14. The van der Waals surface area contributed by atoms with Crippen molar-refractivity contribution >= 4 is 0 Å². The molecule has 3 heteroatoms. The predicted molar refractivity (Wildman–Crippen MR) is 56.2 cm³/mol. The molecule has 0 aliphatic heterocycles. The molecule has 1 aromatic heterocycles. The van der Waals surface area contributed by atoms with Crippen molar-refractivity contribution in [2.75, 3.05) is 13.7 Å². The van der Waals surface area contributed by atoms with Crippen molar-refractivity contribution in [3.8, 4) is 0 Å². The second-order valence-corrected chi connectivity index (χ2v) is 3.47. The van der Waals surface area contributed by atoms with E-state index in [1.54, 1.807) is 13.4 Å². The monoisotopic (exact) mass is 197 g/mol. The summed E-state index contributed by atoms with van der Waals surface area (Å²) in [7, 11) is 1.72. The van der Waals surface area contributed by atoms with Gasteiger partial charge < -0.3 is 14.5 Å². The normalized spacial score (nSPS) is 13.1. The predicted octanol–water partition coefficient (Wildman–Crippen LogP) is 2.10. The summed E-state index contributed by atoms with van der Waals surface area (Å²) >= 11 is 0. The number of hydrogen-bond donors (Lipinski definition) is 1. The Bertz CT molecular complexity index is 258. The summed E-state index contributed by atoms with van der Waals surface area (Å²) in [5.74, 6) is 1.01. The smallest absolute Gasteiger partial charge is 0.120 e. The maximum Gasteiger partial charge on any atom is 0.120 e. The van der Waals surface area contributed by atoms with E-state index in [4.69, 9.17) is 9.15 Å². The van der Waals surface area contributed by atoms with E-state index < -0.39 is 0 Å². The van der Waals surface area contributed by atoms with Gasteiger partial charge in [0.25, 0.3) is 0 Å². The third kappa shape index (κ3) is 3.16. The molecule has 1 heterocycles. The van der Waals surface area contributed by atoms with Gasteiger partial charge in [-0.1, -0.05) is 6.92 Å². The Labute approximate surface area is 85.4 Å². The van der Waals surface area contributed by atoms with Crippen LogP contribution in [0.2, 0.25) is 0 Å². The molecule has 0 aliphatic rings. The molecule has 0 aromatic carbocycles. The summed E-state index contributed by atoms with van der Waals surface area (Å²) in [4.78, 5) is 0. The molecule has 0 aliphatic carbocycles. The fourth-order valence-corrected chi connectivity index (χ4v) is 1.34. The summed E-state index contributed by atoms with van der Waals surface area (Å²) in [6.45, 7) is 5.72. The maximum absolute atomic E-state index is 5.33. The lowest BCUT2D eigenvalue weighted by molar-refractivity contribution is 0.162. The lowest BCUT2D eigenvalue weighted by Crippen LogP contribution is -2.32. The van der Waals surface area contributed by atoms with Crippen LogP contribution in [0.25, 0.3) is 0 Å². The van der Waals surface area contributed by atoms with E-state index in [2.05, 4.69) is 19.2 Å². The number of ether oxygens (including phenoxy) is 1. The fourth-order valence-electron chi connectivity index (χ4n) is 1.34. The number of rotatable bonds is 6. The summed E-state index contributed by atoms with van der Waals surface area (Å²) in [6, 6.07) is 2.39. The summed E-state index contributed by atoms with van der Waals surface area (Å²) < 4.78 is 10.4. The summed E-state index contributed by atoms with van der Waals surface area (Å²) in [5, 5.41) is 3.39. The zero-order valence-electron chi connectivity index (χ0n) is 9.17. The minimum Gasteiger partial charge on any atom is -0.468 e. The Kier molecular flexibility index (Phi) is 4.70. The highest BCUT2D eigenvalue weighted by atomic mass is 16.5. The van der Waals surface area contributed by atoms with Crippen LogP contribution in [0.3, 0.4) is 0 Å². The Balaban J connectivity index is 2.35. The van der Waals surface area contributed by atoms with Gasteiger partial charge in [0.2, 0.25) is 0 Å². The van der Waals surface area contributed by atoms with Gasteiger partial charge >= 0.3 is 0 Å². The Hall–Kier alpha value is -0.800. The first kappa shape index (κ1) is 11.3. The molecular weight excluding hydrogens is 178 g/mol. The van der Waals surface area contributed by atoms with Gasteiger partial charge in [-0.15, -0.1) is 0 Å². The van der Waals surface area contributed by atoms with Crippen LogP contribution < -0.4 is 5.32 Å². The molecule has 14 heavy (non-hydrogen) atoms. The SMILES string of the molecule is CCC(COC)NCc1occc1C. The van der Waals surface area contributed by atoms with Gasteiger partial charge in [0.15, 0.2) is 0 Å². The number of furan rings is 1. The third-order valence-corrected chi connectivity index (χ3v) is 2.38. The average molecular weight is 197 g/mol. The van der Waals surface area contributed by atoms with Crippen LogP contribution in [-0.2, 0) is 11.3 Å². The van der Waals surface area contributed by atoms with Gasteiger partial charge in [-0.05, 0) is 25.0 Å². The van der Waals surface area contributed by atoms with Crippen LogP contribution in [0.1, 0.15) is 24.7 Å². The van der Waals surface area contributed by atoms with Gasteiger partial charge in [0, 0.05) is 13.2 Å². The first-order chi connectivity index (χ1) is 6.77. The van der Waals surface area contributed by atoms with Crippen LogP contribution in [0.4, 0.5) is 0 Å².